The number of hydrogen-bond acceptors (Lipinski definition) is 5. The van der Waals surface area contributed by atoms with Crippen molar-refractivity contribution in [2.24, 2.45) is 0 Å². The number of methoxy groups -OCH3 is 3. The predicted octanol–water partition coefficient (Wildman–Crippen LogP) is 3.00. The van der Waals surface area contributed by atoms with Crippen LogP contribution in [0.2, 0.25) is 0 Å². The first-order chi connectivity index (χ1) is 11.2. The monoisotopic (exact) mass is 313 g/mol. The molecule has 0 saturated heterocycles. The van der Waals surface area contributed by atoms with Crippen LogP contribution in [0.4, 0.5) is 5.69 Å². The Hall–Kier alpha value is -2.66. The summed E-state index contributed by atoms with van der Waals surface area (Å²) in [5.74, 6) is 1.88. The molecule has 5 heteroatoms. The van der Waals surface area contributed by atoms with Gasteiger partial charge in [0, 0.05) is 29.0 Å². The van der Waals surface area contributed by atoms with Crippen LogP contribution in [-0.2, 0) is 0 Å². The fourth-order valence-corrected chi connectivity index (χ4v) is 2.72. The highest BCUT2D eigenvalue weighted by Crippen LogP contribution is 2.40. The Morgan fingerprint density at radius 2 is 1.65 bits per heavy atom. The van der Waals surface area contributed by atoms with Crippen LogP contribution < -0.4 is 19.5 Å². The Kier molecular flexibility index (Phi) is 4.12. The Labute approximate surface area is 135 Å². The first-order valence-corrected chi connectivity index (χ1v) is 7.23. The molecule has 3 rings (SSSR count). The Bertz CT molecular complexity index is 729. The van der Waals surface area contributed by atoms with Gasteiger partial charge in [0.1, 0.15) is 17.2 Å². The minimum Gasteiger partial charge on any atom is -0.496 e. The Morgan fingerprint density at radius 3 is 2.26 bits per heavy atom. The Balaban J connectivity index is 2.16. The molecule has 0 spiro atoms. The van der Waals surface area contributed by atoms with E-state index in [-0.39, 0.29) is 0 Å². The van der Waals surface area contributed by atoms with E-state index in [2.05, 4.69) is 5.32 Å². The number of anilines is 1. The number of aliphatic hydroxyl groups is 1. The molecule has 0 radical (unpaired) electrons. The predicted molar refractivity (Wildman–Crippen MR) is 90.0 cm³/mol. The number of rotatable bonds is 4. The van der Waals surface area contributed by atoms with Gasteiger partial charge in [0.05, 0.1) is 26.9 Å². The molecule has 2 N–H and O–H groups in total. The average Bonchev–Trinajstić information content (AvgIpc) is 2.90. The molecule has 2 aromatic rings. The van der Waals surface area contributed by atoms with Gasteiger partial charge in [-0.25, -0.2) is 0 Å². The molecule has 1 unspecified atom stereocenters. The van der Waals surface area contributed by atoms with Crippen LogP contribution >= 0.6 is 0 Å². The summed E-state index contributed by atoms with van der Waals surface area (Å²) in [6.07, 6.45) is 1.10. The van der Waals surface area contributed by atoms with E-state index >= 15 is 0 Å². The second kappa shape index (κ2) is 6.22. The number of benzene rings is 2. The van der Waals surface area contributed by atoms with Gasteiger partial charge in [-0.1, -0.05) is 18.2 Å². The summed E-state index contributed by atoms with van der Waals surface area (Å²) in [6.45, 7) is 0. The van der Waals surface area contributed by atoms with Gasteiger partial charge < -0.3 is 24.6 Å². The molecule has 0 aromatic heterocycles. The summed E-state index contributed by atoms with van der Waals surface area (Å²) in [7, 11) is 4.77. The molecule has 120 valence electrons. The van der Waals surface area contributed by atoms with Crippen LogP contribution in [0.3, 0.4) is 0 Å². The maximum absolute atomic E-state index is 10.3. The summed E-state index contributed by atoms with van der Waals surface area (Å²) in [6, 6.07) is 11.3. The highest BCUT2D eigenvalue weighted by Gasteiger charge is 2.25. The fraction of sp³-hybridized carbons (Fsp3) is 0.222. The standard InChI is InChI=1S/C18H19NO4/c1-21-11-8-16(22-2)14(17(9-11)23-3)10-13-12-6-4-5-7-15(12)19-18(13)20/h4-10,18-20H,1-3H3/b13-10-. The van der Waals surface area contributed by atoms with Gasteiger partial charge in [0.15, 0.2) is 6.23 Å². The van der Waals surface area contributed by atoms with E-state index < -0.39 is 6.23 Å². The lowest BCUT2D eigenvalue weighted by Gasteiger charge is -2.14. The zero-order valence-corrected chi connectivity index (χ0v) is 13.3. The van der Waals surface area contributed by atoms with Crippen molar-refractivity contribution < 1.29 is 19.3 Å². The SMILES string of the molecule is COc1cc(OC)c(/C=C2/c3ccccc3NC2O)c(OC)c1. The van der Waals surface area contributed by atoms with Gasteiger partial charge in [-0.2, -0.15) is 0 Å². The van der Waals surface area contributed by atoms with E-state index in [1.807, 2.05) is 30.3 Å². The van der Waals surface area contributed by atoms with E-state index in [9.17, 15) is 5.11 Å². The maximum Gasteiger partial charge on any atom is 0.151 e. The first kappa shape index (κ1) is 15.2. The summed E-state index contributed by atoms with van der Waals surface area (Å²) in [5.41, 5.74) is 3.38. The van der Waals surface area contributed by atoms with Crippen molar-refractivity contribution in [3.05, 3.63) is 47.5 Å². The molecule has 0 bridgehead atoms. The number of hydrogen-bond donors (Lipinski definition) is 2. The molecule has 0 amide bonds. The molecule has 23 heavy (non-hydrogen) atoms. The molecular weight excluding hydrogens is 294 g/mol. The zero-order valence-electron chi connectivity index (χ0n) is 13.3. The van der Waals surface area contributed by atoms with Crippen LogP contribution in [0.1, 0.15) is 11.1 Å². The topological polar surface area (TPSA) is 60.0 Å². The first-order valence-electron chi connectivity index (χ1n) is 7.23. The van der Waals surface area contributed by atoms with Crippen LogP contribution in [0.15, 0.2) is 36.4 Å². The summed E-state index contributed by atoms with van der Waals surface area (Å²) in [5, 5.41) is 13.4. The molecule has 1 aliphatic heterocycles. The minimum absolute atomic E-state index is 0.616. The number of fused-ring (bicyclic) bond motifs is 1. The molecule has 0 saturated carbocycles. The van der Waals surface area contributed by atoms with E-state index in [1.165, 1.54) is 0 Å². The van der Waals surface area contributed by atoms with Crippen molar-refractivity contribution in [2.75, 3.05) is 26.6 Å². The smallest absolute Gasteiger partial charge is 0.151 e. The maximum atomic E-state index is 10.3. The average molecular weight is 313 g/mol. The number of aliphatic hydroxyl groups excluding tert-OH is 1. The van der Waals surface area contributed by atoms with Crippen molar-refractivity contribution in [1.82, 2.24) is 0 Å². The van der Waals surface area contributed by atoms with Crippen LogP contribution in [0.25, 0.3) is 11.6 Å². The van der Waals surface area contributed by atoms with Gasteiger partial charge in [-0.3, -0.25) is 0 Å². The molecule has 1 aliphatic rings. The fourth-order valence-electron chi connectivity index (χ4n) is 2.72. The van der Waals surface area contributed by atoms with Gasteiger partial charge in [-0.05, 0) is 12.1 Å². The lowest BCUT2D eigenvalue weighted by molar-refractivity contribution is 0.266. The summed E-state index contributed by atoms with van der Waals surface area (Å²) >= 11 is 0. The van der Waals surface area contributed by atoms with Gasteiger partial charge in [0.2, 0.25) is 0 Å². The van der Waals surface area contributed by atoms with Crippen LogP contribution in [0.5, 0.6) is 17.2 Å². The number of ether oxygens (including phenoxy) is 3. The van der Waals surface area contributed by atoms with E-state index in [4.69, 9.17) is 14.2 Å². The van der Waals surface area contributed by atoms with Gasteiger partial charge in [0.25, 0.3) is 0 Å². The van der Waals surface area contributed by atoms with Crippen LogP contribution in [0, 0.1) is 0 Å². The number of para-hydroxylation sites is 1. The second-order valence-electron chi connectivity index (χ2n) is 5.14. The van der Waals surface area contributed by atoms with Crippen molar-refractivity contribution in [3.63, 3.8) is 0 Å². The van der Waals surface area contributed by atoms with E-state index in [0.717, 1.165) is 22.4 Å². The highest BCUT2D eigenvalue weighted by atomic mass is 16.5. The quantitative estimate of drug-likeness (QED) is 0.908. The number of nitrogens with one attached hydrogen (secondary N) is 1. The zero-order chi connectivity index (χ0) is 16.4. The molecule has 2 aromatic carbocycles. The molecule has 1 atom stereocenters. The van der Waals surface area contributed by atoms with Crippen molar-refractivity contribution in [1.29, 1.82) is 0 Å². The normalized spacial score (nSPS) is 17.6. The van der Waals surface area contributed by atoms with Gasteiger partial charge >= 0.3 is 0 Å². The third kappa shape index (κ3) is 2.71. The minimum atomic E-state index is -0.774. The van der Waals surface area contributed by atoms with Crippen molar-refractivity contribution >= 4 is 17.3 Å². The summed E-state index contributed by atoms with van der Waals surface area (Å²) in [4.78, 5) is 0. The Morgan fingerprint density at radius 1 is 1.00 bits per heavy atom. The van der Waals surface area contributed by atoms with Crippen LogP contribution in [-0.4, -0.2) is 32.7 Å². The molecule has 0 aliphatic carbocycles. The lowest BCUT2D eigenvalue weighted by Crippen LogP contribution is -2.12. The highest BCUT2D eigenvalue weighted by molar-refractivity contribution is 5.95. The third-order valence-corrected chi connectivity index (χ3v) is 3.88. The largest absolute Gasteiger partial charge is 0.496 e. The lowest BCUT2D eigenvalue weighted by atomic mass is 10.0. The molecule has 5 nitrogen and oxygen atoms in total. The van der Waals surface area contributed by atoms with E-state index in [1.54, 1.807) is 33.5 Å². The molecular formula is C18H19NO4. The van der Waals surface area contributed by atoms with E-state index in [0.29, 0.717) is 17.2 Å². The third-order valence-electron chi connectivity index (χ3n) is 3.88. The molecule has 0 fully saturated rings. The van der Waals surface area contributed by atoms with Gasteiger partial charge in [-0.15, -0.1) is 0 Å². The second-order valence-corrected chi connectivity index (χ2v) is 5.14. The van der Waals surface area contributed by atoms with Crippen molar-refractivity contribution in [3.8, 4) is 17.2 Å². The van der Waals surface area contributed by atoms with Crippen molar-refractivity contribution in [2.45, 2.75) is 6.23 Å². The molecule has 1 heterocycles. The summed E-state index contributed by atoms with van der Waals surface area (Å²) < 4.78 is 16.2.